The maximum absolute atomic E-state index is 6.27. The van der Waals surface area contributed by atoms with E-state index in [4.69, 9.17) is 16.6 Å². The molecule has 0 unspecified atom stereocenters. The van der Waals surface area contributed by atoms with Gasteiger partial charge in [-0.2, -0.15) is 5.10 Å². The molecule has 5 heteroatoms. The fraction of sp³-hybridized carbons (Fsp3) is 0.615. The van der Waals surface area contributed by atoms with Gasteiger partial charge in [0.2, 0.25) is 0 Å². The number of rotatable bonds is 2. The molecule has 92 valence electrons. The fourth-order valence-corrected chi connectivity index (χ4v) is 3.67. The first kappa shape index (κ1) is 9.73. The lowest BCUT2D eigenvalue weighted by Gasteiger charge is -2.61. The SMILES string of the molecule is Clc1nc(C2CC2)nc2c1cnn2C12CC(C1)C2. The Balaban J connectivity index is 1.74. The van der Waals surface area contributed by atoms with Crippen LogP contribution in [-0.4, -0.2) is 19.7 Å². The maximum Gasteiger partial charge on any atom is 0.163 e. The molecule has 2 bridgehead atoms. The Morgan fingerprint density at radius 1 is 1.22 bits per heavy atom. The second-order valence-electron chi connectivity index (χ2n) is 6.14. The van der Waals surface area contributed by atoms with Crippen LogP contribution in [-0.2, 0) is 5.54 Å². The lowest BCUT2D eigenvalue weighted by atomic mass is 9.50. The van der Waals surface area contributed by atoms with E-state index < -0.39 is 0 Å². The highest BCUT2D eigenvalue weighted by Crippen LogP contribution is 2.62. The Morgan fingerprint density at radius 2 is 2.00 bits per heavy atom. The zero-order valence-electron chi connectivity index (χ0n) is 9.93. The Hall–Kier alpha value is -1.16. The molecule has 2 heterocycles. The molecule has 2 aromatic heterocycles. The van der Waals surface area contributed by atoms with Gasteiger partial charge in [-0.3, -0.25) is 0 Å². The third-order valence-corrected chi connectivity index (χ3v) is 5.09. The van der Waals surface area contributed by atoms with Crippen molar-refractivity contribution in [1.82, 2.24) is 19.7 Å². The van der Waals surface area contributed by atoms with E-state index in [2.05, 4.69) is 14.8 Å². The summed E-state index contributed by atoms with van der Waals surface area (Å²) < 4.78 is 2.13. The Bertz CT molecular complexity index is 656. The van der Waals surface area contributed by atoms with E-state index in [1.54, 1.807) is 0 Å². The highest BCUT2D eigenvalue weighted by molar-refractivity contribution is 6.33. The van der Waals surface area contributed by atoms with E-state index in [1.165, 1.54) is 32.1 Å². The molecule has 4 nitrogen and oxygen atoms in total. The Morgan fingerprint density at radius 3 is 2.61 bits per heavy atom. The summed E-state index contributed by atoms with van der Waals surface area (Å²) in [5, 5.41) is 6.02. The molecule has 6 rings (SSSR count). The van der Waals surface area contributed by atoms with Gasteiger partial charge < -0.3 is 0 Å². The van der Waals surface area contributed by atoms with Crippen molar-refractivity contribution in [2.45, 2.75) is 43.6 Å². The highest BCUT2D eigenvalue weighted by Gasteiger charge is 2.59. The normalized spacial score (nSPS) is 33.3. The molecule has 4 saturated carbocycles. The summed E-state index contributed by atoms with van der Waals surface area (Å²) in [4.78, 5) is 9.15. The van der Waals surface area contributed by atoms with E-state index in [1.807, 2.05) is 6.20 Å². The van der Waals surface area contributed by atoms with Crippen molar-refractivity contribution in [3.8, 4) is 0 Å². The fourth-order valence-electron chi connectivity index (χ4n) is 3.45. The minimum absolute atomic E-state index is 0.269. The van der Waals surface area contributed by atoms with Gasteiger partial charge in [0.05, 0.1) is 17.1 Å². The van der Waals surface area contributed by atoms with Crippen molar-refractivity contribution < 1.29 is 0 Å². The van der Waals surface area contributed by atoms with Crippen LogP contribution in [0.3, 0.4) is 0 Å². The molecule has 0 amide bonds. The molecule has 0 saturated heterocycles. The van der Waals surface area contributed by atoms with Crippen molar-refractivity contribution in [2.75, 3.05) is 0 Å². The molecule has 0 aliphatic heterocycles. The first-order valence-corrected chi connectivity index (χ1v) is 7.05. The first-order chi connectivity index (χ1) is 8.75. The topological polar surface area (TPSA) is 43.6 Å². The zero-order chi connectivity index (χ0) is 11.9. The van der Waals surface area contributed by atoms with Crippen molar-refractivity contribution in [2.24, 2.45) is 5.92 Å². The summed E-state index contributed by atoms with van der Waals surface area (Å²) in [5.41, 5.74) is 1.22. The number of nitrogens with zero attached hydrogens (tertiary/aromatic N) is 4. The minimum atomic E-state index is 0.269. The maximum atomic E-state index is 6.27. The quantitative estimate of drug-likeness (QED) is 0.780. The number of hydrogen-bond acceptors (Lipinski definition) is 3. The van der Waals surface area contributed by atoms with E-state index in [-0.39, 0.29) is 5.54 Å². The molecular weight excluding hydrogens is 248 g/mol. The standard InChI is InChI=1S/C13H13ClN4/c14-10-9-6-15-18(13-3-7(4-13)5-13)12(9)17-11(16-10)8-1-2-8/h6-8H,1-5H2. The van der Waals surface area contributed by atoms with Crippen LogP contribution in [0, 0.1) is 5.92 Å². The van der Waals surface area contributed by atoms with Crippen LogP contribution in [0.25, 0.3) is 11.0 Å². The van der Waals surface area contributed by atoms with E-state index in [0.29, 0.717) is 11.1 Å². The lowest BCUT2D eigenvalue weighted by molar-refractivity contribution is -0.0948. The first-order valence-electron chi connectivity index (χ1n) is 6.67. The lowest BCUT2D eigenvalue weighted by Crippen LogP contribution is -2.59. The van der Waals surface area contributed by atoms with Crippen LogP contribution < -0.4 is 0 Å². The van der Waals surface area contributed by atoms with Gasteiger partial charge in [0.1, 0.15) is 11.0 Å². The molecular formula is C13H13ClN4. The van der Waals surface area contributed by atoms with Crippen molar-refractivity contribution in [1.29, 1.82) is 0 Å². The summed E-state index contributed by atoms with van der Waals surface area (Å²) in [6.07, 6.45) is 8.03. The summed E-state index contributed by atoms with van der Waals surface area (Å²) >= 11 is 6.27. The summed E-state index contributed by atoms with van der Waals surface area (Å²) in [5.74, 6) is 2.38. The van der Waals surface area contributed by atoms with Crippen molar-refractivity contribution in [3.63, 3.8) is 0 Å². The molecule has 4 aliphatic carbocycles. The average molecular weight is 261 g/mol. The van der Waals surface area contributed by atoms with Crippen molar-refractivity contribution in [3.05, 3.63) is 17.2 Å². The Kier molecular flexibility index (Phi) is 1.55. The van der Waals surface area contributed by atoms with Crippen LogP contribution in [0.5, 0.6) is 0 Å². The van der Waals surface area contributed by atoms with Gasteiger partial charge in [0, 0.05) is 5.92 Å². The third-order valence-electron chi connectivity index (χ3n) is 4.80. The van der Waals surface area contributed by atoms with Crippen LogP contribution in [0.4, 0.5) is 0 Å². The van der Waals surface area contributed by atoms with Gasteiger partial charge in [-0.15, -0.1) is 0 Å². The van der Waals surface area contributed by atoms with E-state index in [0.717, 1.165) is 22.8 Å². The van der Waals surface area contributed by atoms with Crippen LogP contribution in [0.1, 0.15) is 43.8 Å². The predicted molar refractivity (Wildman–Crippen MR) is 67.6 cm³/mol. The van der Waals surface area contributed by atoms with Gasteiger partial charge in [-0.25, -0.2) is 14.6 Å². The zero-order valence-corrected chi connectivity index (χ0v) is 10.7. The second-order valence-corrected chi connectivity index (χ2v) is 6.50. The summed E-state index contributed by atoms with van der Waals surface area (Å²) in [6, 6.07) is 0. The van der Waals surface area contributed by atoms with Crippen LogP contribution >= 0.6 is 11.6 Å². The average Bonchev–Trinajstić information content (AvgIpc) is 2.98. The van der Waals surface area contributed by atoms with Gasteiger partial charge in [-0.1, -0.05) is 11.6 Å². The third kappa shape index (κ3) is 1.06. The smallest absolute Gasteiger partial charge is 0.163 e. The van der Waals surface area contributed by atoms with Gasteiger partial charge in [0.15, 0.2) is 5.65 Å². The molecule has 0 aromatic carbocycles. The van der Waals surface area contributed by atoms with Gasteiger partial charge in [0.25, 0.3) is 0 Å². The number of aromatic nitrogens is 4. The van der Waals surface area contributed by atoms with Gasteiger partial charge >= 0.3 is 0 Å². The molecule has 18 heavy (non-hydrogen) atoms. The minimum Gasteiger partial charge on any atom is -0.241 e. The molecule has 4 fully saturated rings. The number of fused-ring (bicyclic) bond motifs is 1. The molecule has 0 spiro atoms. The van der Waals surface area contributed by atoms with Crippen LogP contribution in [0.15, 0.2) is 6.20 Å². The highest BCUT2D eigenvalue weighted by atomic mass is 35.5. The molecule has 4 aliphatic rings. The largest absolute Gasteiger partial charge is 0.241 e. The summed E-state index contributed by atoms with van der Waals surface area (Å²) in [7, 11) is 0. The van der Waals surface area contributed by atoms with E-state index >= 15 is 0 Å². The Labute approximate surface area is 109 Å². The molecule has 0 N–H and O–H groups in total. The molecule has 0 radical (unpaired) electrons. The second kappa shape index (κ2) is 2.87. The predicted octanol–water partition coefficient (Wildman–Crippen LogP) is 2.87. The molecule has 0 atom stereocenters. The monoisotopic (exact) mass is 260 g/mol. The van der Waals surface area contributed by atoms with Crippen LogP contribution in [0.2, 0.25) is 5.15 Å². The van der Waals surface area contributed by atoms with Crippen molar-refractivity contribution >= 4 is 22.6 Å². The van der Waals surface area contributed by atoms with E-state index in [9.17, 15) is 0 Å². The van der Waals surface area contributed by atoms with Gasteiger partial charge in [-0.05, 0) is 38.0 Å². The molecule has 2 aromatic rings. The number of halogens is 1. The summed E-state index contributed by atoms with van der Waals surface area (Å²) in [6.45, 7) is 0. The number of hydrogen-bond donors (Lipinski definition) is 0.